The van der Waals surface area contributed by atoms with Crippen LogP contribution in [0.1, 0.15) is 20.3 Å². The van der Waals surface area contributed by atoms with Crippen molar-refractivity contribution in [1.82, 2.24) is 0 Å². The fraction of sp³-hybridized carbons (Fsp3) is 0.500. The SMILES string of the molecule is CCCO[P@@](=O)(CSc1ccccc1)OCC. The van der Waals surface area contributed by atoms with Gasteiger partial charge in [0.05, 0.1) is 13.2 Å². The molecule has 0 fully saturated rings. The number of thioether (sulfide) groups is 1. The predicted molar refractivity (Wildman–Crippen MR) is 72.6 cm³/mol. The van der Waals surface area contributed by atoms with Crippen LogP contribution in [0.25, 0.3) is 0 Å². The van der Waals surface area contributed by atoms with Crippen molar-refractivity contribution in [1.29, 1.82) is 0 Å². The standard InChI is InChI=1S/C12H19O3PS/c1-3-10-15-16(13,14-4-2)11-17-12-8-6-5-7-9-12/h5-9H,3-4,10-11H2,1-2H3/t16-/m1/s1. The molecule has 3 nitrogen and oxygen atoms in total. The lowest BCUT2D eigenvalue weighted by Crippen LogP contribution is -1.99. The highest BCUT2D eigenvalue weighted by Crippen LogP contribution is 2.52. The van der Waals surface area contributed by atoms with E-state index in [0.717, 1.165) is 11.3 Å². The molecule has 0 spiro atoms. The molecule has 0 aromatic heterocycles. The Morgan fingerprint density at radius 1 is 1.18 bits per heavy atom. The molecule has 0 heterocycles. The third-order valence-electron chi connectivity index (χ3n) is 1.95. The molecule has 1 atom stereocenters. The Morgan fingerprint density at radius 3 is 2.47 bits per heavy atom. The highest BCUT2D eigenvalue weighted by molar-refractivity contribution is 8.04. The van der Waals surface area contributed by atoms with Crippen molar-refractivity contribution in [2.45, 2.75) is 25.2 Å². The van der Waals surface area contributed by atoms with Crippen molar-refractivity contribution in [3.63, 3.8) is 0 Å². The molecule has 1 aromatic carbocycles. The molecule has 96 valence electrons. The predicted octanol–water partition coefficient (Wildman–Crippen LogP) is 4.39. The third-order valence-corrected chi connectivity index (χ3v) is 5.56. The number of rotatable bonds is 8. The van der Waals surface area contributed by atoms with E-state index in [2.05, 4.69) is 0 Å². The molecule has 0 aliphatic rings. The molecule has 0 saturated carbocycles. The van der Waals surface area contributed by atoms with E-state index in [4.69, 9.17) is 9.05 Å². The van der Waals surface area contributed by atoms with Crippen molar-refractivity contribution in [2.75, 3.05) is 18.7 Å². The molecular formula is C12H19O3PS. The first-order valence-corrected chi connectivity index (χ1v) is 8.47. The van der Waals surface area contributed by atoms with E-state index in [9.17, 15) is 4.57 Å². The van der Waals surface area contributed by atoms with Gasteiger partial charge in [-0.2, -0.15) is 0 Å². The summed E-state index contributed by atoms with van der Waals surface area (Å²) < 4.78 is 22.9. The van der Waals surface area contributed by atoms with Crippen LogP contribution in [0, 0.1) is 0 Å². The van der Waals surface area contributed by atoms with Gasteiger partial charge in [0.1, 0.15) is 5.49 Å². The summed E-state index contributed by atoms with van der Waals surface area (Å²) in [5.41, 5.74) is 0.366. The van der Waals surface area contributed by atoms with Gasteiger partial charge < -0.3 is 9.05 Å². The Labute approximate surface area is 107 Å². The second kappa shape index (κ2) is 7.93. The zero-order valence-corrected chi connectivity index (χ0v) is 12.0. The van der Waals surface area contributed by atoms with Gasteiger partial charge in [0.25, 0.3) is 0 Å². The van der Waals surface area contributed by atoms with Gasteiger partial charge >= 0.3 is 7.60 Å². The largest absolute Gasteiger partial charge is 0.340 e. The van der Waals surface area contributed by atoms with E-state index in [1.807, 2.05) is 44.2 Å². The summed E-state index contributed by atoms with van der Waals surface area (Å²) in [6.45, 7) is 4.71. The molecular weight excluding hydrogens is 255 g/mol. The normalized spacial score (nSPS) is 14.5. The van der Waals surface area contributed by atoms with Crippen LogP contribution in [0.5, 0.6) is 0 Å². The van der Waals surface area contributed by atoms with Crippen LogP contribution in [0.3, 0.4) is 0 Å². The molecule has 0 N–H and O–H groups in total. The Bertz CT molecular complexity index is 356. The van der Waals surface area contributed by atoms with Gasteiger partial charge in [0, 0.05) is 4.90 Å². The first kappa shape index (κ1) is 14.8. The van der Waals surface area contributed by atoms with Crippen LogP contribution < -0.4 is 0 Å². The van der Waals surface area contributed by atoms with Crippen molar-refractivity contribution < 1.29 is 13.6 Å². The summed E-state index contributed by atoms with van der Waals surface area (Å²) in [4.78, 5) is 1.08. The van der Waals surface area contributed by atoms with Crippen molar-refractivity contribution in [3.8, 4) is 0 Å². The minimum atomic E-state index is -2.94. The molecule has 17 heavy (non-hydrogen) atoms. The van der Waals surface area contributed by atoms with Gasteiger partial charge in [0.15, 0.2) is 0 Å². The van der Waals surface area contributed by atoms with Gasteiger partial charge in [-0.15, -0.1) is 11.8 Å². The highest BCUT2D eigenvalue weighted by Gasteiger charge is 2.23. The van der Waals surface area contributed by atoms with Gasteiger partial charge in [-0.1, -0.05) is 25.1 Å². The van der Waals surface area contributed by atoms with E-state index in [1.54, 1.807) is 0 Å². The van der Waals surface area contributed by atoms with E-state index in [-0.39, 0.29) is 0 Å². The maximum atomic E-state index is 12.3. The maximum absolute atomic E-state index is 12.3. The third kappa shape index (κ3) is 5.73. The summed E-state index contributed by atoms with van der Waals surface area (Å²) in [6, 6.07) is 9.85. The van der Waals surface area contributed by atoms with E-state index in [1.165, 1.54) is 11.8 Å². The molecule has 0 aliphatic carbocycles. The molecule has 0 unspecified atom stereocenters. The second-order valence-electron chi connectivity index (χ2n) is 3.45. The maximum Gasteiger partial charge on any atom is 0.340 e. The van der Waals surface area contributed by atoms with E-state index in [0.29, 0.717) is 18.7 Å². The molecule has 0 amide bonds. The van der Waals surface area contributed by atoms with Crippen molar-refractivity contribution in [2.24, 2.45) is 0 Å². The summed E-state index contributed by atoms with van der Waals surface area (Å²) in [7, 11) is -2.94. The lowest BCUT2D eigenvalue weighted by molar-refractivity contribution is 0.216. The zero-order chi connectivity index (χ0) is 12.6. The van der Waals surface area contributed by atoms with Crippen LogP contribution in [0.15, 0.2) is 35.2 Å². The van der Waals surface area contributed by atoms with Crippen LogP contribution in [-0.2, 0) is 13.6 Å². The van der Waals surface area contributed by atoms with Gasteiger partial charge in [-0.05, 0) is 25.5 Å². The average molecular weight is 274 g/mol. The number of hydrogen-bond acceptors (Lipinski definition) is 4. The molecule has 1 rings (SSSR count). The Balaban J connectivity index is 2.52. The Hall–Kier alpha value is -0.280. The van der Waals surface area contributed by atoms with E-state index < -0.39 is 7.60 Å². The Morgan fingerprint density at radius 2 is 1.88 bits per heavy atom. The number of benzene rings is 1. The summed E-state index contributed by atoms with van der Waals surface area (Å²) >= 11 is 1.50. The zero-order valence-electron chi connectivity index (χ0n) is 10.3. The molecule has 0 saturated heterocycles. The fourth-order valence-electron chi connectivity index (χ4n) is 1.21. The Kier molecular flexibility index (Phi) is 6.90. The monoisotopic (exact) mass is 274 g/mol. The van der Waals surface area contributed by atoms with Crippen molar-refractivity contribution >= 4 is 19.4 Å². The van der Waals surface area contributed by atoms with Crippen LogP contribution in [0.2, 0.25) is 0 Å². The molecule has 0 radical (unpaired) electrons. The summed E-state index contributed by atoms with van der Waals surface area (Å²) in [5.74, 6) is 0. The van der Waals surface area contributed by atoms with Gasteiger partial charge in [0.2, 0.25) is 0 Å². The van der Waals surface area contributed by atoms with Crippen LogP contribution in [0.4, 0.5) is 0 Å². The molecule has 0 aliphatic heterocycles. The smallest absolute Gasteiger partial charge is 0.308 e. The van der Waals surface area contributed by atoms with Crippen molar-refractivity contribution in [3.05, 3.63) is 30.3 Å². The lowest BCUT2D eigenvalue weighted by Gasteiger charge is -2.17. The van der Waals surface area contributed by atoms with Gasteiger partial charge in [-0.3, -0.25) is 4.57 Å². The average Bonchev–Trinajstić information content (AvgIpc) is 2.36. The molecule has 0 bridgehead atoms. The lowest BCUT2D eigenvalue weighted by atomic mass is 10.4. The first-order valence-electron chi connectivity index (χ1n) is 5.76. The minimum absolute atomic E-state index is 0.366. The molecule has 5 heteroatoms. The van der Waals surface area contributed by atoms with Crippen LogP contribution >= 0.6 is 19.4 Å². The molecule has 1 aromatic rings. The minimum Gasteiger partial charge on any atom is -0.308 e. The van der Waals surface area contributed by atoms with E-state index >= 15 is 0 Å². The topological polar surface area (TPSA) is 35.5 Å². The van der Waals surface area contributed by atoms with Gasteiger partial charge in [-0.25, -0.2) is 0 Å². The quantitative estimate of drug-likeness (QED) is 0.520. The summed E-state index contributed by atoms with van der Waals surface area (Å²) in [6.07, 6.45) is 0.840. The first-order chi connectivity index (χ1) is 8.20. The summed E-state index contributed by atoms with van der Waals surface area (Å²) in [5, 5.41) is 0. The highest BCUT2D eigenvalue weighted by atomic mass is 32.2. The number of hydrogen-bond donors (Lipinski definition) is 0. The van der Waals surface area contributed by atoms with Crippen LogP contribution in [-0.4, -0.2) is 18.7 Å². The fourth-order valence-corrected chi connectivity index (χ4v) is 4.31. The second-order valence-corrected chi connectivity index (χ2v) is 6.98.